The van der Waals surface area contributed by atoms with E-state index in [0.29, 0.717) is 35.1 Å². The van der Waals surface area contributed by atoms with Crippen LogP contribution in [0.5, 0.6) is 5.75 Å². The van der Waals surface area contributed by atoms with Crippen LogP contribution in [0, 0.1) is 6.92 Å². The average molecular weight is 461 g/mol. The topological polar surface area (TPSA) is 73.9 Å². The van der Waals surface area contributed by atoms with E-state index in [9.17, 15) is 9.59 Å². The molecule has 0 aliphatic carbocycles. The smallest absolute Gasteiger partial charge is 0.261 e. The Morgan fingerprint density at radius 1 is 1.13 bits per heavy atom. The van der Waals surface area contributed by atoms with Crippen LogP contribution in [0.1, 0.15) is 22.8 Å². The van der Waals surface area contributed by atoms with Crippen molar-refractivity contribution in [1.82, 2.24) is 10.2 Å². The predicted octanol–water partition coefficient (Wildman–Crippen LogP) is 3.45. The lowest BCUT2D eigenvalue weighted by molar-refractivity contribution is -0.129. The minimum Gasteiger partial charge on any atom is -0.496 e. The molecule has 1 heterocycles. The van der Waals surface area contributed by atoms with Crippen molar-refractivity contribution in [3.05, 3.63) is 52.5 Å². The summed E-state index contributed by atoms with van der Waals surface area (Å²) in [5.74, 6) is 0.244. The summed E-state index contributed by atoms with van der Waals surface area (Å²) in [6, 6.07) is 10.9. The third-order valence-electron chi connectivity index (χ3n) is 5.16. The minimum atomic E-state index is -0.357. The van der Waals surface area contributed by atoms with Crippen molar-refractivity contribution in [3.8, 4) is 5.75 Å². The first-order chi connectivity index (χ1) is 14.8. The standard InChI is InChI=1S/C22H25ClN4O3S/c1-14-5-4-6-17(20(14)30-3)21(29)25-22(31)24-16-7-8-19(18(23)13-16)27-11-9-26(10-12-27)15(2)28/h4-8,13H,9-12H2,1-3H3,(H2,24,25,29,31). The summed E-state index contributed by atoms with van der Waals surface area (Å²) in [6.45, 7) is 6.24. The highest BCUT2D eigenvalue weighted by Gasteiger charge is 2.21. The number of piperazine rings is 1. The number of aryl methyl sites for hydroxylation is 1. The summed E-state index contributed by atoms with van der Waals surface area (Å²) in [5, 5.41) is 6.39. The molecular weight excluding hydrogens is 436 g/mol. The van der Waals surface area contributed by atoms with Crippen molar-refractivity contribution in [2.24, 2.45) is 0 Å². The van der Waals surface area contributed by atoms with Crippen molar-refractivity contribution < 1.29 is 14.3 Å². The maximum absolute atomic E-state index is 12.6. The maximum atomic E-state index is 12.6. The molecule has 2 aromatic carbocycles. The molecule has 2 amide bonds. The Morgan fingerprint density at radius 3 is 2.45 bits per heavy atom. The SMILES string of the molecule is COc1c(C)cccc1C(=O)NC(=S)Nc1ccc(N2CCN(C(C)=O)CC2)c(Cl)c1. The lowest BCUT2D eigenvalue weighted by atomic mass is 10.1. The molecule has 0 unspecified atom stereocenters. The number of amides is 2. The second-order valence-electron chi connectivity index (χ2n) is 7.22. The largest absolute Gasteiger partial charge is 0.496 e. The van der Waals surface area contributed by atoms with Crippen LogP contribution < -0.4 is 20.3 Å². The summed E-state index contributed by atoms with van der Waals surface area (Å²) < 4.78 is 5.34. The number of nitrogens with zero attached hydrogens (tertiary/aromatic N) is 2. The first-order valence-electron chi connectivity index (χ1n) is 9.86. The van der Waals surface area contributed by atoms with Crippen molar-refractivity contribution in [2.75, 3.05) is 43.5 Å². The fourth-order valence-electron chi connectivity index (χ4n) is 3.54. The fourth-order valence-corrected chi connectivity index (χ4v) is 4.05. The number of anilines is 2. The number of benzene rings is 2. The Morgan fingerprint density at radius 2 is 1.84 bits per heavy atom. The lowest BCUT2D eigenvalue weighted by Gasteiger charge is -2.36. The number of carbonyl (C=O) groups is 2. The molecule has 1 aliphatic rings. The number of thiocarbonyl (C=S) groups is 1. The third-order valence-corrected chi connectivity index (χ3v) is 5.67. The molecule has 0 bridgehead atoms. The highest BCUT2D eigenvalue weighted by molar-refractivity contribution is 7.80. The number of hydrogen-bond acceptors (Lipinski definition) is 5. The molecule has 0 saturated carbocycles. The van der Waals surface area contributed by atoms with Crippen LogP contribution in [0.25, 0.3) is 0 Å². The van der Waals surface area contributed by atoms with Gasteiger partial charge in [0.25, 0.3) is 5.91 Å². The normalized spacial score (nSPS) is 13.5. The van der Waals surface area contributed by atoms with E-state index in [1.54, 1.807) is 25.1 Å². The van der Waals surface area contributed by atoms with E-state index in [1.165, 1.54) is 7.11 Å². The van der Waals surface area contributed by atoms with Crippen molar-refractivity contribution in [1.29, 1.82) is 0 Å². The molecule has 0 spiro atoms. The van der Waals surface area contributed by atoms with Gasteiger partial charge in [0.15, 0.2) is 5.11 Å². The second-order valence-corrected chi connectivity index (χ2v) is 8.04. The van der Waals surface area contributed by atoms with Gasteiger partial charge in [-0.3, -0.25) is 14.9 Å². The molecular formula is C22H25ClN4O3S. The van der Waals surface area contributed by atoms with Gasteiger partial charge in [0, 0.05) is 38.8 Å². The zero-order valence-corrected chi connectivity index (χ0v) is 19.3. The van der Waals surface area contributed by atoms with Gasteiger partial charge in [0.05, 0.1) is 23.4 Å². The van der Waals surface area contributed by atoms with Gasteiger partial charge in [0.1, 0.15) is 5.75 Å². The second kappa shape index (κ2) is 9.98. The zero-order chi connectivity index (χ0) is 22.5. The molecule has 1 aliphatic heterocycles. The summed E-state index contributed by atoms with van der Waals surface area (Å²) >= 11 is 11.8. The van der Waals surface area contributed by atoms with Crippen LogP contribution >= 0.6 is 23.8 Å². The highest BCUT2D eigenvalue weighted by Crippen LogP contribution is 2.30. The van der Waals surface area contributed by atoms with Crippen LogP contribution in [0.4, 0.5) is 11.4 Å². The quantitative estimate of drug-likeness (QED) is 0.681. The summed E-state index contributed by atoms with van der Waals surface area (Å²) in [6.07, 6.45) is 0. The van der Waals surface area contributed by atoms with E-state index in [0.717, 1.165) is 24.3 Å². The van der Waals surface area contributed by atoms with Gasteiger partial charge in [-0.2, -0.15) is 0 Å². The fraction of sp³-hybridized carbons (Fsp3) is 0.318. The van der Waals surface area contributed by atoms with Crippen LogP contribution in [0.2, 0.25) is 5.02 Å². The van der Waals surface area contributed by atoms with Gasteiger partial charge in [-0.15, -0.1) is 0 Å². The average Bonchev–Trinajstić information content (AvgIpc) is 2.73. The lowest BCUT2D eigenvalue weighted by Crippen LogP contribution is -2.48. The molecule has 0 atom stereocenters. The van der Waals surface area contributed by atoms with Gasteiger partial charge in [-0.25, -0.2) is 0 Å². The van der Waals surface area contributed by atoms with Crippen LogP contribution in [-0.2, 0) is 4.79 Å². The first-order valence-corrected chi connectivity index (χ1v) is 10.6. The summed E-state index contributed by atoms with van der Waals surface area (Å²) in [5.41, 5.74) is 2.83. The Labute approximate surface area is 192 Å². The molecule has 3 rings (SSSR count). The van der Waals surface area contributed by atoms with Crippen molar-refractivity contribution in [3.63, 3.8) is 0 Å². The monoisotopic (exact) mass is 460 g/mol. The summed E-state index contributed by atoms with van der Waals surface area (Å²) in [7, 11) is 1.53. The molecule has 9 heteroatoms. The Balaban J connectivity index is 1.62. The van der Waals surface area contributed by atoms with Gasteiger partial charge in [-0.05, 0) is 49.0 Å². The minimum absolute atomic E-state index is 0.0872. The third kappa shape index (κ3) is 5.45. The van der Waals surface area contributed by atoms with Crippen LogP contribution in [0.15, 0.2) is 36.4 Å². The van der Waals surface area contributed by atoms with Crippen molar-refractivity contribution in [2.45, 2.75) is 13.8 Å². The van der Waals surface area contributed by atoms with E-state index in [2.05, 4.69) is 15.5 Å². The van der Waals surface area contributed by atoms with E-state index < -0.39 is 0 Å². The number of para-hydroxylation sites is 1. The number of nitrogens with one attached hydrogen (secondary N) is 2. The van der Waals surface area contributed by atoms with Crippen LogP contribution in [0.3, 0.4) is 0 Å². The number of halogens is 1. The number of carbonyl (C=O) groups excluding carboxylic acids is 2. The van der Waals surface area contributed by atoms with Crippen LogP contribution in [-0.4, -0.2) is 55.1 Å². The number of ether oxygens (including phenoxy) is 1. The molecule has 164 valence electrons. The molecule has 0 radical (unpaired) electrons. The molecule has 31 heavy (non-hydrogen) atoms. The zero-order valence-electron chi connectivity index (χ0n) is 17.7. The van der Waals surface area contributed by atoms with Gasteiger partial charge in [0.2, 0.25) is 5.91 Å². The Hall–Kier alpha value is -2.84. The number of hydrogen-bond donors (Lipinski definition) is 2. The number of rotatable bonds is 4. The Kier molecular flexibility index (Phi) is 7.35. The highest BCUT2D eigenvalue weighted by atomic mass is 35.5. The molecule has 1 saturated heterocycles. The molecule has 2 N–H and O–H groups in total. The molecule has 2 aromatic rings. The van der Waals surface area contributed by atoms with E-state index in [1.807, 2.05) is 30.0 Å². The molecule has 0 aromatic heterocycles. The molecule has 1 fully saturated rings. The predicted molar refractivity (Wildman–Crippen MR) is 127 cm³/mol. The maximum Gasteiger partial charge on any atom is 0.261 e. The Bertz CT molecular complexity index is 1010. The first kappa shape index (κ1) is 22.8. The summed E-state index contributed by atoms with van der Waals surface area (Å²) in [4.78, 5) is 28.1. The molecule has 7 nitrogen and oxygen atoms in total. The van der Waals surface area contributed by atoms with E-state index in [-0.39, 0.29) is 16.9 Å². The number of methoxy groups -OCH3 is 1. The van der Waals surface area contributed by atoms with Gasteiger partial charge >= 0.3 is 0 Å². The van der Waals surface area contributed by atoms with E-state index >= 15 is 0 Å². The van der Waals surface area contributed by atoms with Crippen molar-refractivity contribution >= 4 is 52.1 Å². The van der Waals surface area contributed by atoms with E-state index in [4.69, 9.17) is 28.6 Å². The van der Waals surface area contributed by atoms with Gasteiger partial charge in [-0.1, -0.05) is 23.7 Å². The van der Waals surface area contributed by atoms with Gasteiger partial charge < -0.3 is 19.9 Å².